The molecule has 390 valence electrons. The molecule has 3 aromatic carbocycles. The molecule has 2 fully saturated rings. The van der Waals surface area contributed by atoms with E-state index in [0.29, 0.717) is 42.8 Å². The van der Waals surface area contributed by atoms with Crippen molar-refractivity contribution < 1.29 is 52.2 Å². The Morgan fingerprint density at radius 3 is 2.04 bits per heavy atom. The van der Waals surface area contributed by atoms with Crippen molar-refractivity contribution in [2.45, 2.75) is 134 Å². The minimum absolute atomic E-state index is 0.0361. The molecular weight excluding hydrogens is 956 g/mol. The van der Waals surface area contributed by atoms with E-state index in [-0.39, 0.29) is 73.4 Å². The first-order chi connectivity index (χ1) is 35.1. The summed E-state index contributed by atoms with van der Waals surface area (Å²) in [5, 5.41) is 15.7. The van der Waals surface area contributed by atoms with Crippen molar-refractivity contribution in [2.75, 3.05) is 39.4 Å². The van der Waals surface area contributed by atoms with Crippen LogP contribution in [0.1, 0.15) is 102 Å². The molecule has 2 aliphatic rings. The Bertz CT molecular complexity index is 2600. The van der Waals surface area contributed by atoms with Gasteiger partial charge in [0.2, 0.25) is 0 Å². The summed E-state index contributed by atoms with van der Waals surface area (Å²) in [6, 6.07) is 26.4. The Hall–Kier alpha value is -6.10. The van der Waals surface area contributed by atoms with Gasteiger partial charge in [-0.3, -0.25) is 14.7 Å². The minimum Gasteiger partial charge on any atom is -0.497 e. The molecule has 3 N–H and O–H groups in total. The van der Waals surface area contributed by atoms with Gasteiger partial charge in [0.1, 0.15) is 53.7 Å². The predicted octanol–water partition coefficient (Wildman–Crippen LogP) is 8.28. The standard InChI is InChI=1S/C53H67N8O11P/c1-34(2)61(35(3)4)73(65,30-12-29-54)72-47-44(31-69-53(37-13-10-9-11-14-37,38-16-22-41(66-6)23-17-38)39-18-24-42(67-7)25-19-39)71-51(48(47)68-8)60-33-57-46-49(55-32-56-50(46)60)59-52(64)58-40-20-26-43(27-21-40)70-45(63)28-15-36(5)62/h9-11,13-14,16-19,22-25,32-35,40,43-44,47-48,51,65H,12,15,20-21,26-28,30-31H2,1-8H3,(H-,55,56,58,59,64)/p+1/t40?,43?,44-,47-,48-,51-,73?/m1/s1. The van der Waals surface area contributed by atoms with E-state index >= 15 is 0 Å². The summed E-state index contributed by atoms with van der Waals surface area (Å²) in [5.74, 6) is 1.02. The zero-order chi connectivity index (χ0) is 52.3. The highest BCUT2D eigenvalue weighted by atomic mass is 31.2. The third kappa shape index (κ3) is 12.6. The number of carbonyl (C=O) groups is 3. The number of fused-ring (bicyclic) bond motifs is 1. The van der Waals surface area contributed by atoms with Gasteiger partial charge in [-0.1, -0.05) is 54.6 Å². The normalized spacial score (nSPS) is 20.9. The molecule has 73 heavy (non-hydrogen) atoms. The largest absolute Gasteiger partial charge is 0.497 e. The van der Waals surface area contributed by atoms with Gasteiger partial charge in [0.05, 0.1) is 46.1 Å². The quantitative estimate of drug-likeness (QED) is 0.0317. The van der Waals surface area contributed by atoms with E-state index in [1.165, 1.54) is 26.7 Å². The smallest absolute Gasteiger partial charge is 0.347 e. The van der Waals surface area contributed by atoms with Gasteiger partial charge in [0, 0.05) is 31.7 Å². The highest BCUT2D eigenvalue weighted by molar-refractivity contribution is 7.63. The van der Waals surface area contributed by atoms with Crippen molar-refractivity contribution in [3.8, 4) is 17.6 Å². The van der Waals surface area contributed by atoms with Crippen molar-refractivity contribution in [2.24, 2.45) is 0 Å². The lowest BCUT2D eigenvalue weighted by atomic mass is 9.80. The first-order valence-corrected chi connectivity index (χ1v) is 26.5. The molecule has 5 aromatic rings. The molecule has 1 aliphatic heterocycles. The molecule has 0 bridgehead atoms. The van der Waals surface area contributed by atoms with Crippen molar-refractivity contribution in [1.82, 2.24) is 29.5 Å². The Balaban J connectivity index is 1.22. The molecule has 2 aromatic heterocycles. The molecule has 2 amide bonds. The number of ketones is 1. The first kappa shape index (κ1) is 54.7. The third-order valence-corrected chi connectivity index (χ3v) is 16.3. The monoisotopic (exact) mass is 1020 g/mol. The van der Waals surface area contributed by atoms with Crippen molar-refractivity contribution in [3.05, 3.63) is 108 Å². The molecule has 20 heteroatoms. The number of amides is 2. The molecule has 1 aliphatic carbocycles. The van der Waals surface area contributed by atoms with Crippen molar-refractivity contribution in [1.29, 1.82) is 5.26 Å². The van der Waals surface area contributed by atoms with E-state index in [1.807, 2.05) is 111 Å². The fourth-order valence-corrected chi connectivity index (χ4v) is 12.9. The van der Waals surface area contributed by atoms with E-state index < -0.39 is 50.0 Å². The Morgan fingerprint density at radius 2 is 1.48 bits per heavy atom. The summed E-state index contributed by atoms with van der Waals surface area (Å²) < 4.78 is 48.2. The summed E-state index contributed by atoms with van der Waals surface area (Å²) >= 11 is 0. The number of esters is 1. The van der Waals surface area contributed by atoms with E-state index in [2.05, 4.69) is 31.7 Å². The number of urea groups is 1. The van der Waals surface area contributed by atoms with Crippen LogP contribution in [0.15, 0.2) is 91.5 Å². The Morgan fingerprint density at radius 1 is 0.863 bits per heavy atom. The summed E-state index contributed by atoms with van der Waals surface area (Å²) in [4.78, 5) is 63.6. The van der Waals surface area contributed by atoms with Crippen LogP contribution in [0.5, 0.6) is 11.5 Å². The van der Waals surface area contributed by atoms with Gasteiger partial charge in [0.25, 0.3) is 0 Å². The molecule has 1 unspecified atom stereocenters. The number of carbonyl (C=O) groups excluding carboxylic acids is 3. The molecule has 5 atom stereocenters. The Kier molecular flexibility index (Phi) is 18.5. The van der Waals surface area contributed by atoms with Gasteiger partial charge < -0.3 is 38.5 Å². The summed E-state index contributed by atoms with van der Waals surface area (Å²) in [6.07, 6.45) is 1.39. The van der Waals surface area contributed by atoms with E-state index in [0.717, 1.165) is 16.7 Å². The van der Waals surface area contributed by atoms with Crippen LogP contribution in [-0.4, -0.2) is 124 Å². The lowest BCUT2D eigenvalue weighted by molar-refractivity contribution is -0.151. The minimum atomic E-state index is -3.58. The van der Waals surface area contributed by atoms with Crippen LogP contribution in [0.3, 0.4) is 0 Å². The maximum Gasteiger partial charge on any atom is 0.347 e. The lowest BCUT2D eigenvalue weighted by Gasteiger charge is -2.39. The molecule has 3 heterocycles. The number of ether oxygens (including phenoxy) is 6. The topological polar surface area (TPSA) is 231 Å². The van der Waals surface area contributed by atoms with Crippen LogP contribution in [0.2, 0.25) is 0 Å². The third-order valence-electron chi connectivity index (χ3n) is 13.3. The molecule has 1 saturated heterocycles. The molecule has 0 radical (unpaired) electrons. The average Bonchev–Trinajstić information content (AvgIpc) is 3.97. The summed E-state index contributed by atoms with van der Waals surface area (Å²) in [6.45, 7) is 9.26. The number of imidazole rings is 1. The predicted molar refractivity (Wildman–Crippen MR) is 274 cm³/mol. The fourth-order valence-electron chi connectivity index (χ4n) is 9.96. The summed E-state index contributed by atoms with van der Waals surface area (Å²) in [7, 11) is 1.19. The SMILES string of the molecule is COc1ccc(C(OC[C@H]2O[C@@H](n3cnc4c(NC(=O)NC5CCC(OC(=O)CCC(C)=O)CC5)ncnc43)[C@H](OC)[C@@H]2O[P+](O)(CCC#N)N(C(C)C)C(C)C)(c2ccccc2)c2ccc(OC)cc2)cc1. The van der Waals surface area contributed by atoms with Crippen LogP contribution < -0.4 is 20.1 Å². The first-order valence-electron chi connectivity index (χ1n) is 24.7. The van der Waals surface area contributed by atoms with E-state index in [9.17, 15) is 24.5 Å². The van der Waals surface area contributed by atoms with Gasteiger partial charge in [-0.05, 0) is 101 Å². The van der Waals surface area contributed by atoms with E-state index in [1.54, 1.807) is 18.8 Å². The van der Waals surface area contributed by atoms with Crippen LogP contribution in [0.4, 0.5) is 10.6 Å². The fraction of sp³-hybridized carbons (Fsp3) is 0.491. The number of hydrogen-bond acceptors (Lipinski definition) is 16. The number of anilines is 1. The number of nitriles is 1. The molecule has 1 saturated carbocycles. The zero-order valence-electron chi connectivity index (χ0n) is 42.8. The number of hydrogen-bond donors (Lipinski definition) is 3. The second-order valence-electron chi connectivity index (χ2n) is 18.8. The average molecular weight is 1020 g/mol. The van der Waals surface area contributed by atoms with Crippen molar-refractivity contribution in [3.63, 3.8) is 0 Å². The van der Waals surface area contributed by atoms with Gasteiger partial charge in [-0.15, -0.1) is 4.67 Å². The number of nitrogens with zero attached hydrogens (tertiary/aromatic N) is 6. The van der Waals surface area contributed by atoms with Crippen LogP contribution in [-0.2, 0) is 38.7 Å². The number of Topliss-reactive ketones (excluding diaryl/α,β-unsaturated/α-hetero) is 1. The number of nitrogens with one attached hydrogen (secondary N) is 2. The van der Waals surface area contributed by atoms with Crippen LogP contribution in [0.25, 0.3) is 11.2 Å². The molecule has 19 nitrogen and oxygen atoms in total. The second kappa shape index (κ2) is 24.8. The number of aromatic nitrogens is 4. The Labute approximate surface area is 427 Å². The molecule has 7 rings (SSSR count). The maximum absolute atomic E-state index is 13.5. The molecular formula is C53H68N8O11P+. The van der Waals surface area contributed by atoms with Gasteiger partial charge in [-0.2, -0.15) is 9.79 Å². The number of rotatable bonds is 23. The highest BCUT2D eigenvalue weighted by Crippen LogP contribution is 2.64. The van der Waals surface area contributed by atoms with Gasteiger partial charge in [-0.25, -0.2) is 24.6 Å². The number of methoxy groups -OCH3 is 3. The van der Waals surface area contributed by atoms with Crippen LogP contribution in [0, 0.1) is 11.3 Å². The van der Waals surface area contributed by atoms with Gasteiger partial charge >= 0.3 is 19.9 Å². The maximum atomic E-state index is 13.5. The van der Waals surface area contributed by atoms with Crippen LogP contribution >= 0.6 is 7.87 Å². The second-order valence-corrected chi connectivity index (χ2v) is 21.3. The van der Waals surface area contributed by atoms with E-state index in [4.69, 9.17) is 32.9 Å². The lowest BCUT2D eigenvalue weighted by Crippen LogP contribution is -2.45. The highest BCUT2D eigenvalue weighted by Gasteiger charge is 2.58. The van der Waals surface area contributed by atoms with Gasteiger partial charge in [0.15, 0.2) is 29.3 Å². The molecule has 0 spiro atoms. The zero-order valence-corrected chi connectivity index (χ0v) is 43.7. The van der Waals surface area contributed by atoms with Crippen molar-refractivity contribution >= 4 is 42.6 Å². The number of benzene rings is 3. The summed E-state index contributed by atoms with van der Waals surface area (Å²) in [5.41, 5.74) is 1.76.